The Morgan fingerprint density at radius 3 is 2.14 bits per heavy atom. The fourth-order valence-corrected chi connectivity index (χ4v) is 5.38. The second-order valence-electron chi connectivity index (χ2n) is 8.55. The molecule has 36 heavy (non-hydrogen) atoms. The van der Waals surface area contributed by atoms with Gasteiger partial charge in [0, 0.05) is 18.6 Å². The molecule has 0 saturated heterocycles. The molecule has 0 bridgehead atoms. The number of nitrogens with one attached hydrogen (secondary N) is 1. The second kappa shape index (κ2) is 11.6. The quantitative estimate of drug-likeness (QED) is 0.449. The molecule has 0 aromatic heterocycles. The van der Waals surface area contributed by atoms with Crippen LogP contribution >= 0.6 is 11.6 Å². The van der Waals surface area contributed by atoms with Crippen molar-refractivity contribution in [3.05, 3.63) is 94.5 Å². The van der Waals surface area contributed by atoms with E-state index in [2.05, 4.69) is 5.32 Å². The maximum Gasteiger partial charge on any atom is 0.264 e. The molecule has 0 radical (unpaired) electrons. The maximum atomic E-state index is 13.8. The van der Waals surface area contributed by atoms with Crippen LogP contribution in [0.2, 0.25) is 5.02 Å². The Hall–Kier alpha value is -3.36. The number of hydrogen-bond acceptors (Lipinski definition) is 4. The van der Waals surface area contributed by atoms with Gasteiger partial charge < -0.3 is 10.2 Å². The number of carbonyl (C=O) groups excluding carboxylic acids is 2. The highest BCUT2D eigenvalue weighted by Gasteiger charge is 2.32. The number of carbonyl (C=O) groups is 2. The fraction of sp³-hybridized carbons (Fsp3) is 0.259. The molecule has 0 aliphatic heterocycles. The lowest BCUT2D eigenvalue weighted by Gasteiger charge is -2.32. The van der Waals surface area contributed by atoms with Crippen molar-refractivity contribution in [2.45, 2.75) is 38.3 Å². The SMILES string of the molecule is CNC(=O)C(C)N(Cc1ccc(Cl)cc1)C(=O)CN(c1ccccc1C)S(=O)(=O)c1ccc(C)cc1. The zero-order valence-electron chi connectivity index (χ0n) is 20.7. The first kappa shape index (κ1) is 27.2. The van der Waals surface area contributed by atoms with Gasteiger partial charge in [0.15, 0.2) is 0 Å². The molecular formula is C27H30ClN3O4S. The lowest BCUT2D eigenvalue weighted by molar-refractivity contribution is -0.139. The van der Waals surface area contributed by atoms with Crippen molar-refractivity contribution in [3.8, 4) is 0 Å². The van der Waals surface area contributed by atoms with Gasteiger partial charge in [-0.15, -0.1) is 0 Å². The minimum absolute atomic E-state index is 0.0766. The van der Waals surface area contributed by atoms with Crippen molar-refractivity contribution in [2.75, 3.05) is 17.9 Å². The van der Waals surface area contributed by atoms with Crippen molar-refractivity contribution >= 4 is 39.1 Å². The van der Waals surface area contributed by atoms with E-state index in [0.717, 1.165) is 15.4 Å². The fourth-order valence-electron chi connectivity index (χ4n) is 3.77. The van der Waals surface area contributed by atoms with E-state index in [1.807, 2.05) is 6.92 Å². The molecule has 1 atom stereocenters. The standard InChI is InChI=1S/C27H30ClN3O4S/c1-19-9-15-24(16-10-19)36(34,35)31(25-8-6-5-7-20(25)2)18-26(32)30(21(3)27(33)29-4)17-22-11-13-23(28)14-12-22/h5-16,21H,17-18H2,1-4H3,(H,29,33). The van der Waals surface area contributed by atoms with Gasteiger partial charge in [-0.2, -0.15) is 0 Å². The van der Waals surface area contributed by atoms with E-state index in [0.29, 0.717) is 16.3 Å². The van der Waals surface area contributed by atoms with Gasteiger partial charge in [-0.25, -0.2) is 8.42 Å². The summed E-state index contributed by atoms with van der Waals surface area (Å²) >= 11 is 6.00. The summed E-state index contributed by atoms with van der Waals surface area (Å²) in [6, 6.07) is 19.6. The predicted molar refractivity (Wildman–Crippen MR) is 142 cm³/mol. The number of likely N-dealkylation sites (N-methyl/N-ethyl adjacent to an activating group) is 1. The van der Waals surface area contributed by atoms with Crippen LogP contribution in [0.25, 0.3) is 0 Å². The normalized spacial score (nSPS) is 12.0. The minimum Gasteiger partial charge on any atom is -0.357 e. The van der Waals surface area contributed by atoms with Gasteiger partial charge in [-0.05, 0) is 62.2 Å². The highest BCUT2D eigenvalue weighted by Crippen LogP contribution is 2.27. The van der Waals surface area contributed by atoms with E-state index in [1.165, 1.54) is 24.1 Å². The third kappa shape index (κ3) is 6.25. The van der Waals surface area contributed by atoms with E-state index in [9.17, 15) is 18.0 Å². The zero-order valence-corrected chi connectivity index (χ0v) is 22.3. The lowest BCUT2D eigenvalue weighted by atomic mass is 10.1. The Bertz CT molecular complexity index is 1330. The molecule has 9 heteroatoms. The van der Waals surface area contributed by atoms with E-state index in [4.69, 9.17) is 11.6 Å². The monoisotopic (exact) mass is 527 g/mol. The van der Waals surface area contributed by atoms with Gasteiger partial charge in [-0.1, -0.05) is 59.6 Å². The number of benzene rings is 3. The van der Waals surface area contributed by atoms with Crippen LogP contribution in [0.4, 0.5) is 5.69 Å². The van der Waals surface area contributed by atoms with Gasteiger partial charge in [0.2, 0.25) is 11.8 Å². The number of amides is 2. The first-order valence-electron chi connectivity index (χ1n) is 11.4. The Kier molecular flexibility index (Phi) is 8.76. The van der Waals surface area contributed by atoms with Crippen LogP contribution in [0.3, 0.4) is 0 Å². The van der Waals surface area contributed by atoms with Crippen LogP contribution in [-0.4, -0.2) is 44.8 Å². The van der Waals surface area contributed by atoms with Crippen LogP contribution in [0, 0.1) is 13.8 Å². The topological polar surface area (TPSA) is 86.8 Å². The average molecular weight is 528 g/mol. The molecule has 0 spiro atoms. The minimum atomic E-state index is -4.08. The molecule has 0 aliphatic carbocycles. The summed E-state index contributed by atoms with van der Waals surface area (Å²) in [5, 5.41) is 3.11. The van der Waals surface area contributed by atoms with E-state index >= 15 is 0 Å². The van der Waals surface area contributed by atoms with E-state index in [1.54, 1.807) is 74.5 Å². The molecule has 7 nitrogen and oxygen atoms in total. The number of nitrogens with zero attached hydrogens (tertiary/aromatic N) is 2. The summed E-state index contributed by atoms with van der Waals surface area (Å²) in [5.74, 6) is -0.874. The number of halogens is 1. The molecule has 3 aromatic rings. The highest BCUT2D eigenvalue weighted by atomic mass is 35.5. The first-order chi connectivity index (χ1) is 17.0. The van der Waals surface area contributed by atoms with Gasteiger partial charge in [0.25, 0.3) is 10.0 Å². The molecule has 1 N–H and O–H groups in total. The number of hydrogen-bond donors (Lipinski definition) is 1. The molecule has 3 aromatic carbocycles. The molecule has 3 rings (SSSR count). The van der Waals surface area contributed by atoms with Crippen molar-refractivity contribution in [2.24, 2.45) is 0 Å². The Balaban J connectivity index is 2.04. The van der Waals surface area contributed by atoms with Crippen molar-refractivity contribution in [1.82, 2.24) is 10.2 Å². The molecule has 0 fully saturated rings. The van der Waals surface area contributed by atoms with Gasteiger partial charge in [-0.3, -0.25) is 13.9 Å². The Morgan fingerprint density at radius 1 is 0.944 bits per heavy atom. The molecule has 190 valence electrons. The van der Waals surface area contributed by atoms with Crippen molar-refractivity contribution in [1.29, 1.82) is 0 Å². The number of para-hydroxylation sites is 1. The largest absolute Gasteiger partial charge is 0.357 e. The number of sulfonamides is 1. The van der Waals surface area contributed by atoms with Gasteiger partial charge >= 0.3 is 0 Å². The Labute approximate surface area is 217 Å². The van der Waals surface area contributed by atoms with Crippen LogP contribution in [-0.2, 0) is 26.2 Å². The van der Waals surface area contributed by atoms with Crippen LogP contribution < -0.4 is 9.62 Å². The molecule has 2 amide bonds. The van der Waals surface area contributed by atoms with E-state index < -0.39 is 28.5 Å². The number of rotatable bonds is 9. The van der Waals surface area contributed by atoms with Gasteiger partial charge in [0.05, 0.1) is 10.6 Å². The summed E-state index contributed by atoms with van der Waals surface area (Å²) in [5.41, 5.74) is 2.77. The average Bonchev–Trinajstić information content (AvgIpc) is 2.86. The van der Waals surface area contributed by atoms with Crippen LogP contribution in [0.15, 0.2) is 77.7 Å². The summed E-state index contributed by atoms with van der Waals surface area (Å²) in [6.45, 7) is 4.90. The summed E-state index contributed by atoms with van der Waals surface area (Å²) < 4.78 is 28.7. The van der Waals surface area contributed by atoms with Crippen molar-refractivity contribution < 1.29 is 18.0 Å². The third-order valence-electron chi connectivity index (χ3n) is 5.95. The maximum absolute atomic E-state index is 13.8. The summed E-state index contributed by atoms with van der Waals surface area (Å²) in [6.07, 6.45) is 0. The smallest absolute Gasteiger partial charge is 0.264 e. The Morgan fingerprint density at radius 2 is 1.56 bits per heavy atom. The molecule has 1 unspecified atom stereocenters. The van der Waals surface area contributed by atoms with Crippen LogP contribution in [0.5, 0.6) is 0 Å². The second-order valence-corrected chi connectivity index (χ2v) is 10.8. The summed E-state index contributed by atoms with van der Waals surface area (Å²) in [4.78, 5) is 27.7. The summed E-state index contributed by atoms with van der Waals surface area (Å²) in [7, 11) is -2.59. The van der Waals surface area contributed by atoms with Crippen LogP contribution in [0.1, 0.15) is 23.6 Å². The number of aryl methyl sites for hydroxylation is 2. The van der Waals surface area contributed by atoms with E-state index in [-0.39, 0.29) is 17.3 Å². The van der Waals surface area contributed by atoms with Gasteiger partial charge in [0.1, 0.15) is 12.6 Å². The highest BCUT2D eigenvalue weighted by molar-refractivity contribution is 7.92. The van der Waals surface area contributed by atoms with Crippen molar-refractivity contribution in [3.63, 3.8) is 0 Å². The zero-order chi connectivity index (χ0) is 26.5. The molecule has 0 heterocycles. The first-order valence-corrected chi connectivity index (χ1v) is 13.3. The molecular weight excluding hydrogens is 498 g/mol. The molecule has 0 saturated carbocycles. The number of anilines is 1. The predicted octanol–water partition coefficient (Wildman–Crippen LogP) is 4.32. The third-order valence-corrected chi connectivity index (χ3v) is 7.98. The molecule has 0 aliphatic rings. The lowest BCUT2D eigenvalue weighted by Crippen LogP contribution is -2.50.